The molecule has 3 heteroatoms. The smallest absolute Gasteiger partial charge is 0.240 e. The Kier molecular flexibility index (Phi) is 3.20. The first kappa shape index (κ1) is 13.1. The second-order valence-corrected chi connectivity index (χ2v) is 5.81. The molecule has 104 valence electrons. The van der Waals surface area contributed by atoms with Gasteiger partial charge in [0.05, 0.1) is 0 Å². The first-order chi connectivity index (χ1) is 9.67. The van der Waals surface area contributed by atoms with E-state index in [1.807, 2.05) is 30.3 Å². The maximum Gasteiger partial charge on any atom is 0.240 e. The van der Waals surface area contributed by atoms with Crippen molar-refractivity contribution >= 4 is 11.7 Å². The van der Waals surface area contributed by atoms with Crippen LogP contribution in [0.15, 0.2) is 43.1 Å². The predicted molar refractivity (Wildman–Crippen MR) is 76.8 cm³/mol. The summed E-state index contributed by atoms with van der Waals surface area (Å²) in [5.74, 6) is 0.191. The van der Waals surface area contributed by atoms with Crippen LogP contribution in [0.3, 0.4) is 0 Å². The van der Waals surface area contributed by atoms with Gasteiger partial charge >= 0.3 is 0 Å². The molecular weight excluding hydrogens is 250 g/mol. The van der Waals surface area contributed by atoms with Crippen LogP contribution in [0.4, 0.5) is 0 Å². The molecule has 2 fully saturated rings. The van der Waals surface area contributed by atoms with E-state index in [2.05, 4.69) is 6.58 Å². The number of Topliss-reactive ketones (excluding diaryl/α,β-unsaturated/α-hetero) is 1. The quantitative estimate of drug-likeness (QED) is 0.770. The van der Waals surface area contributed by atoms with E-state index in [0.29, 0.717) is 19.4 Å². The van der Waals surface area contributed by atoms with Crippen molar-refractivity contribution < 1.29 is 9.59 Å². The second-order valence-electron chi connectivity index (χ2n) is 5.81. The molecule has 1 unspecified atom stereocenters. The highest BCUT2D eigenvalue weighted by Crippen LogP contribution is 2.44. The van der Waals surface area contributed by atoms with Gasteiger partial charge in [0.25, 0.3) is 0 Å². The molecule has 2 aliphatic rings. The Hall–Kier alpha value is -1.90. The van der Waals surface area contributed by atoms with E-state index in [1.165, 1.54) is 0 Å². The monoisotopic (exact) mass is 269 g/mol. The van der Waals surface area contributed by atoms with Crippen molar-refractivity contribution in [2.75, 3.05) is 6.54 Å². The summed E-state index contributed by atoms with van der Waals surface area (Å²) in [6, 6.07) is 9.84. The zero-order valence-corrected chi connectivity index (χ0v) is 11.5. The zero-order valence-electron chi connectivity index (χ0n) is 11.5. The third kappa shape index (κ3) is 2.07. The van der Waals surface area contributed by atoms with Crippen molar-refractivity contribution in [3.63, 3.8) is 0 Å². The highest BCUT2D eigenvalue weighted by Gasteiger charge is 2.55. The third-order valence-corrected chi connectivity index (χ3v) is 4.44. The van der Waals surface area contributed by atoms with Gasteiger partial charge < -0.3 is 4.90 Å². The molecule has 1 aliphatic heterocycles. The van der Waals surface area contributed by atoms with Gasteiger partial charge in [-0.15, -0.1) is 0 Å². The first-order valence-electron chi connectivity index (χ1n) is 7.19. The number of likely N-dealkylation sites (tertiary alicyclic amines) is 1. The first-order valence-corrected chi connectivity index (χ1v) is 7.19. The van der Waals surface area contributed by atoms with Crippen LogP contribution >= 0.6 is 0 Å². The van der Waals surface area contributed by atoms with E-state index in [-0.39, 0.29) is 17.6 Å². The Labute approximate surface area is 119 Å². The van der Waals surface area contributed by atoms with Gasteiger partial charge in [-0.2, -0.15) is 0 Å². The average molecular weight is 269 g/mol. The van der Waals surface area contributed by atoms with Crippen LogP contribution in [0, 0.1) is 11.3 Å². The van der Waals surface area contributed by atoms with Crippen LogP contribution in [-0.2, 0) is 16.0 Å². The van der Waals surface area contributed by atoms with Gasteiger partial charge in [-0.05, 0) is 37.4 Å². The summed E-state index contributed by atoms with van der Waals surface area (Å²) in [6.45, 7) is 4.28. The summed E-state index contributed by atoms with van der Waals surface area (Å²) in [4.78, 5) is 27.0. The molecule has 1 atom stereocenters. The Balaban J connectivity index is 1.94. The molecular formula is C17H19NO2. The third-order valence-electron chi connectivity index (χ3n) is 4.44. The minimum Gasteiger partial charge on any atom is -0.319 e. The molecule has 0 N–H and O–H groups in total. The number of hydrogen-bond acceptors (Lipinski definition) is 2. The van der Waals surface area contributed by atoms with E-state index >= 15 is 0 Å². The van der Waals surface area contributed by atoms with Crippen LogP contribution in [0.25, 0.3) is 0 Å². The van der Waals surface area contributed by atoms with Crippen molar-refractivity contribution in [1.29, 1.82) is 0 Å². The van der Waals surface area contributed by atoms with E-state index in [0.717, 1.165) is 18.4 Å². The number of rotatable bonds is 5. The summed E-state index contributed by atoms with van der Waals surface area (Å²) in [6.07, 6.45) is 4.57. The Bertz CT molecular complexity index is 547. The van der Waals surface area contributed by atoms with Crippen LogP contribution in [0.1, 0.15) is 24.8 Å². The summed E-state index contributed by atoms with van der Waals surface area (Å²) < 4.78 is 0. The molecule has 0 radical (unpaired) electrons. The molecule has 0 bridgehead atoms. The van der Waals surface area contributed by atoms with Crippen molar-refractivity contribution in [2.24, 2.45) is 11.3 Å². The topological polar surface area (TPSA) is 37.4 Å². The van der Waals surface area contributed by atoms with Crippen molar-refractivity contribution in [1.82, 2.24) is 4.90 Å². The minimum atomic E-state index is -0.850. The van der Waals surface area contributed by atoms with E-state index in [4.69, 9.17) is 0 Å². The maximum atomic E-state index is 12.7. The van der Waals surface area contributed by atoms with Gasteiger partial charge in [-0.3, -0.25) is 9.59 Å². The minimum absolute atomic E-state index is 0.0618. The average Bonchev–Trinajstić information content (AvgIpc) is 3.27. The lowest BCUT2D eigenvalue weighted by Gasteiger charge is -2.26. The summed E-state index contributed by atoms with van der Waals surface area (Å²) >= 11 is 0. The van der Waals surface area contributed by atoms with Gasteiger partial charge in [0, 0.05) is 12.5 Å². The second kappa shape index (κ2) is 4.89. The Morgan fingerprint density at radius 1 is 1.35 bits per heavy atom. The normalized spacial score (nSPS) is 25.8. The molecule has 3 rings (SSSR count). The number of carbonyl (C=O) groups is 2. The fraction of sp³-hybridized carbons (Fsp3) is 0.412. The predicted octanol–water partition coefficient (Wildman–Crippen LogP) is 2.57. The lowest BCUT2D eigenvalue weighted by atomic mass is 9.74. The summed E-state index contributed by atoms with van der Waals surface area (Å²) in [5.41, 5.74) is 0.206. The lowest BCUT2D eigenvalue weighted by molar-refractivity contribution is -0.143. The van der Waals surface area contributed by atoms with Crippen molar-refractivity contribution in [3.8, 4) is 0 Å². The largest absolute Gasteiger partial charge is 0.319 e. The molecule has 0 aromatic heterocycles. The van der Waals surface area contributed by atoms with Crippen LogP contribution < -0.4 is 0 Å². The number of carbonyl (C=O) groups excluding carboxylic acids is 2. The van der Waals surface area contributed by atoms with Gasteiger partial charge in [0.1, 0.15) is 5.41 Å². The van der Waals surface area contributed by atoms with Gasteiger partial charge in [-0.1, -0.05) is 36.9 Å². The molecule has 1 amide bonds. The zero-order chi connectivity index (χ0) is 14.2. The van der Waals surface area contributed by atoms with E-state index in [1.54, 1.807) is 11.1 Å². The van der Waals surface area contributed by atoms with Crippen molar-refractivity contribution in [3.05, 3.63) is 48.7 Å². The molecule has 1 aliphatic carbocycles. The molecule has 1 heterocycles. The molecule has 1 saturated carbocycles. The molecule has 0 spiro atoms. The number of benzene rings is 1. The molecule has 1 saturated heterocycles. The highest BCUT2D eigenvalue weighted by atomic mass is 16.2. The van der Waals surface area contributed by atoms with Crippen LogP contribution in [-0.4, -0.2) is 23.1 Å². The summed E-state index contributed by atoms with van der Waals surface area (Å²) in [7, 11) is 0. The SMILES string of the molecule is C=CN1CCC(Cc2ccccc2)(C(=O)C2CC2)C1=O. The number of hydrogen-bond donors (Lipinski definition) is 0. The van der Waals surface area contributed by atoms with Gasteiger partial charge in [-0.25, -0.2) is 0 Å². The Morgan fingerprint density at radius 2 is 2.05 bits per heavy atom. The molecule has 1 aromatic carbocycles. The molecule has 20 heavy (non-hydrogen) atoms. The van der Waals surface area contributed by atoms with E-state index < -0.39 is 5.41 Å². The number of ketones is 1. The highest BCUT2D eigenvalue weighted by molar-refractivity contribution is 6.09. The lowest BCUT2D eigenvalue weighted by Crippen LogP contribution is -2.41. The van der Waals surface area contributed by atoms with Crippen LogP contribution in [0.5, 0.6) is 0 Å². The fourth-order valence-corrected chi connectivity index (χ4v) is 3.13. The standard InChI is InChI=1S/C17H19NO2/c1-2-18-11-10-17(16(18)20,15(19)14-8-9-14)12-13-6-4-3-5-7-13/h2-7,14H,1,8-12H2. The van der Waals surface area contributed by atoms with E-state index in [9.17, 15) is 9.59 Å². The maximum absolute atomic E-state index is 12.7. The Morgan fingerprint density at radius 3 is 2.60 bits per heavy atom. The molecule has 3 nitrogen and oxygen atoms in total. The van der Waals surface area contributed by atoms with Gasteiger partial charge in [0.2, 0.25) is 5.91 Å². The summed E-state index contributed by atoms with van der Waals surface area (Å²) in [5, 5.41) is 0. The fourth-order valence-electron chi connectivity index (χ4n) is 3.13. The van der Waals surface area contributed by atoms with Crippen molar-refractivity contribution in [2.45, 2.75) is 25.7 Å². The molecule has 1 aromatic rings. The number of nitrogens with zero attached hydrogens (tertiary/aromatic N) is 1. The number of amides is 1. The van der Waals surface area contributed by atoms with Gasteiger partial charge in [0.15, 0.2) is 5.78 Å². The van der Waals surface area contributed by atoms with Crippen LogP contribution in [0.2, 0.25) is 0 Å².